The molecule has 3 aromatic carbocycles. The van der Waals surface area contributed by atoms with Crippen molar-refractivity contribution >= 4 is 29.3 Å². The van der Waals surface area contributed by atoms with E-state index in [1.54, 1.807) is 0 Å². The van der Waals surface area contributed by atoms with Crippen molar-refractivity contribution in [1.29, 1.82) is 0 Å². The van der Waals surface area contributed by atoms with Gasteiger partial charge in [0.05, 0.1) is 0 Å². The number of hydrogen-bond donors (Lipinski definition) is 0. The van der Waals surface area contributed by atoms with Crippen molar-refractivity contribution in [2.45, 2.75) is 19.3 Å². The zero-order valence-corrected chi connectivity index (χ0v) is 19.5. The first-order valence-corrected chi connectivity index (χ1v) is 11.5. The molecular weight excluding hydrogens is 416 g/mol. The van der Waals surface area contributed by atoms with Crippen molar-refractivity contribution in [3.8, 4) is 11.1 Å². The molecule has 0 atom stereocenters. The minimum absolute atomic E-state index is 0.0582. The summed E-state index contributed by atoms with van der Waals surface area (Å²) in [5.41, 5.74) is 6.35. The van der Waals surface area contributed by atoms with Gasteiger partial charge in [-0.1, -0.05) is 54.1 Å². The summed E-state index contributed by atoms with van der Waals surface area (Å²) in [6.07, 6.45) is 7.42. The van der Waals surface area contributed by atoms with Crippen molar-refractivity contribution in [3.05, 3.63) is 94.5 Å². The molecule has 32 heavy (non-hydrogen) atoms. The number of fused-ring (bicyclic) bond motifs is 1. The van der Waals surface area contributed by atoms with Crippen LogP contribution in [-0.2, 0) is 6.42 Å². The Morgan fingerprint density at radius 3 is 2.38 bits per heavy atom. The van der Waals surface area contributed by atoms with Crippen LogP contribution >= 0.6 is 11.6 Å². The van der Waals surface area contributed by atoms with Gasteiger partial charge in [-0.25, -0.2) is 0 Å². The number of carbonyl (C=O) groups is 1. The second-order valence-corrected chi connectivity index (χ2v) is 8.96. The highest BCUT2D eigenvalue weighted by atomic mass is 35.5. The van der Waals surface area contributed by atoms with Crippen LogP contribution in [0, 0.1) is 0 Å². The van der Waals surface area contributed by atoms with Crippen LogP contribution in [0.15, 0.2) is 72.8 Å². The van der Waals surface area contributed by atoms with Crippen molar-refractivity contribution in [1.82, 2.24) is 4.90 Å². The minimum Gasteiger partial charge on any atom is -0.309 e. The second-order valence-electron chi connectivity index (χ2n) is 8.53. The summed E-state index contributed by atoms with van der Waals surface area (Å²) in [5.74, 6) is 0.0582. The fraction of sp³-hybridized carbons (Fsp3) is 0.250. The van der Waals surface area contributed by atoms with Gasteiger partial charge >= 0.3 is 0 Å². The van der Waals surface area contributed by atoms with Crippen LogP contribution in [0.5, 0.6) is 0 Å². The lowest BCUT2D eigenvalue weighted by Crippen LogP contribution is -2.35. The average Bonchev–Trinajstić information content (AvgIpc) is 2.81. The maximum absolute atomic E-state index is 13.3. The summed E-state index contributed by atoms with van der Waals surface area (Å²) in [4.78, 5) is 17.4. The van der Waals surface area contributed by atoms with Crippen LogP contribution in [-0.4, -0.2) is 38.0 Å². The van der Waals surface area contributed by atoms with E-state index in [-0.39, 0.29) is 5.91 Å². The SMILES string of the molecule is CN(C)CCC=Cc1ccc2c(c1)CCCN2C(=O)c1ccc(-c2ccc(Cl)cc2)cc1. The third-order valence-corrected chi connectivity index (χ3v) is 6.08. The fourth-order valence-corrected chi connectivity index (χ4v) is 4.21. The molecule has 0 fully saturated rings. The Kier molecular flexibility index (Phi) is 7.09. The van der Waals surface area contributed by atoms with E-state index in [0.717, 1.165) is 54.2 Å². The average molecular weight is 445 g/mol. The highest BCUT2D eigenvalue weighted by molar-refractivity contribution is 6.30. The Hall–Kier alpha value is -2.88. The maximum atomic E-state index is 13.3. The normalized spacial score (nSPS) is 13.6. The molecule has 1 aliphatic rings. The number of hydrogen-bond acceptors (Lipinski definition) is 2. The summed E-state index contributed by atoms with van der Waals surface area (Å²) in [5, 5.41) is 0.719. The Morgan fingerprint density at radius 1 is 1.00 bits per heavy atom. The van der Waals surface area contributed by atoms with E-state index in [4.69, 9.17) is 11.6 Å². The molecule has 0 aliphatic carbocycles. The number of halogens is 1. The topological polar surface area (TPSA) is 23.6 Å². The van der Waals surface area contributed by atoms with Gasteiger partial charge in [-0.05, 0) is 92.0 Å². The lowest BCUT2D eigenvalue weighted by atomic mass is 9.97. The molecule has 0 bridgehead atoms. The highest BCUT2D eigenvalue weighted by Gasteiger charge is 2.23. The molecule has 3 nitrogen and oxygen atoms in total. The van der Waals surface area contributed by atoms with Crippen molar-refractivity contribution in [2.75, 3.05) is 32.1 Å². The van der Waals surface area contributed by atoms with Crippen LogP contribution in [0.4, 0.5) is 5.69 Å². The Balaban J connectivity index is 1.50. The Morgan fingerprint density at radius 2 is 1.69 bits per heavy atom. The lowest BCUT2D eigenvalue weighted by Gasteiger charge is -2.30. The first-order chi connectivity index (χ1) is 15.5. The molecule has 3 aromatic rings. The van der Waals surface area contributed by atoms with Crippen LogP contribution in [0.2, 0.25) is 5.02 Å². The Bertz CT molecular complexity index is 1100. The molecule has 0 saturated carbocycles. The number of nitrogens with zero attached hydrogens (tertiary/aromatic N) is 2. The van der Waals surface area contributed by atoms with Gasteiger partial charge in [-0.2, -0.15) is 0 Å². The number of anilines is 1. The first-order valence-electron chi connectivity index (χ1n) is 11.1. The molecule has 4 heteroatoms. The van der Waals surface area contributed by atoms with Crippen LogP contribution in [0.1, 0.15) is 34.3 Å². The standard InChI is InChI=1S/C28H29ClN2O/c1-30(2)18-4-3-6-21-8-17-27-25(20-21)7-5-19-31(27)28(32)24-11-9-22(10-12-24)23-13-15-26(29)16-14-23/h3,6,8-17,20H,4-5,7,18-19H2,1-2H3. The van der Waals surface area contributed by atoms with Gasteiger partial charge in [-0.3, -0.25) is 4.79 Å². The number of benzene rings is 3. The van der Waals surface area contributed by atoms with Crippen LogP contribution in [0.25, 0.3) is 17.2 Å². The van der Waals surface area contributed by atoms with E-state index in [1.807, 2.05) is 53.4 Å². The van der Waals surface area contributed by atoms with E-state index >= 15 is 0 Å². The van der Waals surface area contributed by atoms with Gasteiger partial charge in [0.2, 0.25) is 0 Å². The van der Waals surface area contributed by atoms with E-state index in [0.29, 0.717) is 5.56 Å². The zero-order chi connectivity index (χ0) is 22.5. The molecule has 0 radical (unpaired) electrons. The fourth-order valence-electron chi connectivity index (χ4n) is 4.09. The molecule has 0 unspecified atom stereocenters. The monoisotopic (exact) mass is 444 g/mol. The molecule has 0 saturated heterocycles. The summed E-state index contributed by atoms with van der Waals surface area (Å²) in [6.45, 7) is 1.79. The number of rotatable bonds is 6. The molecule has 0 aromatic heterocycles. The number of amides is 1. The summed E-state index contributed by atoms with van der Waals surface area (Å²) >= 11 is 5.99. The third kappa shape index (κ3) is 5.29. The van der Waals surface area contributed by atoms with Gasteiger partial charge in [-0.15, -0.1) is 0 Å². The van der Waals surface area contributed by atoms with Crippen LogP contribution < -0.4 is 4.90 Å². The molecule has 0 N–H and O–H groups in total. The van der Waals surface area contributed by atoms with Crippen molar-refractivity contribution in [3.63, 3.8) is 0 Å². The largest absolute Gasteiger partial charge is 0.309 e. The first kappa shape index (κ1) is 22.3. The zero-order valence-electron chi connectivity index (χ0n) is 18.7. The third-order valence-electron chi connectivity index (χ3n) is 5.83. The van der Waals surface area contributed by atoms with Crippen molar-refractivity contribution < 1.29 is 4.79 Å². The van der Waals surface area contributed by atoms with Gasteiger partial charge in [0.15, 0.2) is 0 Å². The predicted octanol–water partition coefficient (Wildman–Crippen LogP) is 6.56. The number of aryl methyl sites for hydroxylation is 1. The van der Waals surface area contributed by atoms with Crippen LogP contribution in [0.3, 0.4) is 0 Å². The highest BCUT2D eigenvalue weighted by Crippen LogP contribution is 2.30. The van der Waals surface area contributed by atoms with Gasteiger partial charge < -0.3 is 9.80 Å². The molecular formula is C28H29ClN2O. The molecule has 0 spiro atoms. The van der Waals surface area contributed by atoms with Gasteiger partial charge in [0.25, 0.3) is 5.91 Å². The molecule has 1 aliphatic heterocycles. The van der Waals surface area contributed by atoms with Gasteiger partial charge in [0, 0.05) is 29.4 Å². The molecule has 4 rings (SSSR count). The predicted molar refractivity (Wildman–Crippen MR) is 136 cm³/mol. The maximum Gasteiger partial charge on any atom is 0.258 e. The van der Waals surface area contributed by atoms with E-state index < -0.39 is 0 Å². The smallest absolute Gasteiger partial charge is 0.258 e. The lowest BCUT2D eigenvalue weighted by molar-refractivity contribution is 0.0985. The van der Waals surface area contributed by atoms with E-state index in [9.17, 15) is 4.79 Å². The summed E-state index contributed by atoms with van der Waals surface area (Å²) in [7, 11) is 4.17. The van der Waals surface area contributed by atoms with Gasteiger partial charge in [0.1, 0.15) is 0 Å². The van der Waals surface area contributed by atoms with E-state index in [1.165, 1.54) is 11.1 Å². The quantitative estimate of drug-likeness (QED) is 0.429. The van der Waals surface area contributed by atoms with E-state index in [2.05, 4.69) is 49.3 Å². The number of carbonyl (C=O) groups excluding carboxylic acids is 1. The Labute approximate surface area is 195 Å². The molecule has 164 valence electrons. The summed E-state index contributed by atoms with van der Waals surface area (Å²) < 4.78 is 0. The van der Waals surface area contributed by atoms with Crippen molar-refractivity contribution in [2.24, 2.45) is 0 Å². The molecule has 1 amide bonds. The minimum atomic E-state index is 0.0582. The second kappa shape index (κ2) is 10.2. The molecule has 1 heterocycles. The summed E-state index contributed by atoms with van der Waals surface area (Å²) in [6, 6.07) is 22.0.